The van der Waals surface area contributed by atoms with Gasteiger partial charge in [-0.2, -0.15) is 9.78 Å². The highest BCUT2D eigenvalue weighted by Crippen LogP contribution is 1.91. The minimum atomic E-state index is -1.12. The van der Waals surface area contributed by atoms with Crippen LogP contribution < -0.4 is 0 Å². The number of aliphatic hydroxyl groups excluding tert-OH is 1. The maximum absolute atomic E-state index is 10.5. The third kappa shape index (κ3) is 7.68. The summed E-state index contributed by atoms with van der Waals surface area (Å²) in [6, 6.07) is 0. The van der Waals surface area contributed by atoms with E-state index in [0.29, 0.717) is 0 Å². The lowest BCUT2D eigenvalue weighted by molar-refractivity contribution is -0.301. The van der Waals surface area contributed by atoms with Crippen LogP contribution in [0, 0.1) is 0 Å². The summed E-state index contributed by atoms with van der Waals surface area (Å²) in [5, 5.41) is 9.14. The summed E-state index contributed by atoms with van der Waals surface area (Å²) >= 11 is 0. The molecule has 0 saturated carbocycles. The first kappa shape index (κ1) is 14.3. The maximum atomic E-state index is 10.5. The van der Waals surface area contributed by atoms with Gasteiger partial charge in [-0.3, -0.25) is 9.78 Å². The monoisotopic (exact) mass is 232 g/mol. The van der Waals surface area contributed by atoms with Crippen LogP contribution in [0.5, 0.6) is 0 Å². The molecule has 0 atom stereocenters. The van der Waals surface area contributed by atoms with Crippen LogP contribution in [-0.4, -0.2) is 36.4 Å². The van der Waals surface area contributed by atoms with E-state index in [1.165, 1.54) is 0 Å². The molecule has 0 fully saturated rings. The summed E-state index contributed by atoms with van der Waals surface area (Å²) in [5.74, 6) is -1.57. The van der Waals surface area contributed by atoms with E-state index in [1.807, 2.05) is 0 Å². The molecule has 16 heavy (non-hydrogen) atoms. The van der Waals surface area contributed by atoms with Crippen molar-refractivity contribution in [3.8, 4) is 0 Å². The van der Waals surface area contributed by atoms with Gasteiger partial charge in [0.1, 0.15) is 19.3 Å². The van der Waals surface area contributed by atoms with Crippen molar-refractivity contribution in [1.82, 2.24) is 0 Å². The van der Waals surface area contributed by atoms with Gasteiger partial charge in [-0.25, -0.2) is 9.59 Å². The molecule has 0 heterocycles. The molecule has 7 nitrogen and oxygen atoms in total. The van der Waals surface area contributed by atoms with Crippen LogP contribution in [0.2, 0.25) is 0 Å². The van der Waals surface area contributed by atoms with Gasteiger partial charge in [0.15, 0.2) is 0 Å². The zero-order valence-electron chi connectivity index (χ0n) is 8.46. The second-order valence-corrected chi connectivity index (χ2v) is 2.44. The van der Waals surface area contributed by atoms with Crippen molar-refractivity contribution >= 4 is 11.9 Å². The Morgan fingerprint density at radius 1 is 1.06 bits per heavy atom. The van der Waals surface area contributed by atoms with Gasteiger partial charge in [-0.15, -0.1) is 0 Å². The van der Waals surface area contributed by atoms with Crippen molar-refractivity contribution in [2.24, 2.45) is 0 Å². The molecule has 1 N–H and O–H groups in total. The van der Waals surface area contributed by atoms with Crippen molar-refractivity contribution in [1.29, 1.82) is 0 Å². The van der Waals surface area contributed by atoms with E-state index in [9.17, 15) is 9.59 Å². The second-order valence-electron chi connectivity index (χ2n) is 2.44. The molecule has 0 radical (unpaired) electrons. The zero-order valence-corrected chi connectivity index (χ0v) is 8.46. The molecule has 7 heteroatoms. The Bertz CT molecular complexity index is 235. The lowest BCUT2D eigenvalue weighted by atomic mass is 10.4. The molecule has 0 rings (SSSR count). The Morgan fingerprint density at radius 2 is 1.44 bits per heavy atom. The highest BCUT2D eigenvalue weighted by atomic mass is 17.2. The van der Waals surface area contributed by atoms with Crippen molar-refractivity contribution in [2.75, 3.05) is 13.2 Å². The average molecular weight is 232 g/mol. The lowest BCUT2D eigenvalue weighted by Crippen LogP contribution is -2.23. The molecular formula is C9H12O7. The summed E-state index contributed by atoms with van der Waals surface area (Å²) < 4.78 is 0. The molecule has 0 aliphatic carbocycles. The Hall–Kier alpha value is -1.70. The molecule has 0 aromatic rings. The Balaban J connectivity index is 3.47. The van der Waals surface area contributed by atoms with E-state index in [-0.39, 0.29) is 13.2 Å². The van der Waals surface area contributed by atoms with E-state index in [0.717, 1.165) is 12.2 Å². The fraction of sp³-hybridized carbons (Fsp3) is 0.333. The largest absolute Gasteiger partial charge is 0.388 e. The first-order valence-electron chi connectivity index (χ1n) is 4.20. The smallest absolute Gasteiger partial charge is 0.365 e. The van der Waals surface area contributed by atoms with Gasteiger partial charge >= 0.3 is 11.9 Å². The topological polar surface area (TPSA) is 91.3 Å². The third-order valence-corrected chi connectivity index (χ3v) is 1.14. The van der Waals surface area contributed by atoms with E-state index in [2.05, 4.69) is 32.7 Å². The molecule has 0 aromatic carbocycles. The van der Waals surface area contributed by atoms with E-state index >= 15 is 0 Å². The number of hydrogen-bond acceptors (Lipinski definition) is 7. The minimum Gasteiger partial charge on any atom is -0.388 e. The first-order chi connectivity index (χ1) is 7.60. The molecule has 0 spiro atoms. The van der Waals surface area contributed by atoms with Crippen LogP contribution in [-0.2, 0) is 29.1 Å². The van der Waals surface area contributed by atoms with Crippen molar-refractivity contribution < 1.29 is 34.2 Å². The standard InChI is InChI=1S/C9H12O7/c1-3-8(11)15-13-5-7(10)6-14-16-9(12)4-2/h3-4,7,10H,1-2,5-6H2. The predicted octanol–water partition coefficient (Wildman–Crippen LogP) is -0.331. The summed E-state index contributed by atoms with van der Waals surface area (Å²) in [6.45, 7) is 5.60. The van der Waals surface area contributed by atoms with Gasteiger partial charge in [0.25, 0.3) is 0 Å². The highest BCUT2D eigenvalue weighted by molar-refractivity contribution is 5.80. The predicted molar refractivity (Wildman–Crippen MR) is 50.5 cm³/mol. The molecule has 0 aromatic heterocycles. The maximum Gasteiger partial charge on any atom is 0.365 e. The van der Waals surface area contributed by atoms with Gasteiger partial charge in [0.2, 0.25) is 0 Å². The number of carbonyl (C=O) groups is 2. The van der Waals surface area contributed by atoms with Crippen molar-refractivity contribution in [3.63, 3.8) is 0 Å². The molecule has 0 amide bonds. The van der Waals surface area contributed by atoms with Crippen LogP contribution >= 0.6 is 0 Å². The molecular weight excluding hydrogens is 220 g/mol. The zero-order chi connectivity index (χ0) is 12.4. The van der Waals surface area contributed by atoms with Gasteiger partial charge < -0.3 is 5.11 Å². The van der Waals surface area contributed by atoms with Gasteiger partial charge in [0, 0.05) is 12.2 Å². The minimum absolute atomic E-state index is 0.328. The SMILES string of the molecule is C=CC(=O)OOCC(O)COOC(=O)C=C. The molecule has 0 bridgehead atoms. The van der Waals surface area contributed by atoms with Crippen LogP contribution in [0.15, 0.2) is 25.3 Å². The van der Waals surface area contributed by atoms with Crippen LogP contribution in [0.4, 0.5) is 0 Å². The van der Waals surface area contributed by atoms with Gasteiger partial charge in [0.05, 0.1) is 0 Å². The summed E-state index contributed by atoms with van der Waals surface area (Å²) in [7, 11) is 0. The van der Waals surface area contributed by atoms with Gasteiger partial charge in [-0.05, 0) is 0 Å². The van der Waals surface area contributed by atoms with E-state index in [4.69, 9.17) is 5.11 Å². The fourth-order valence-electron chi connectivity index (χ4n) is 0.457. The number of hydrogen-bond donors (Lipinski definition) is 1. The van der Waals surface area contributed by atoms with Crippen LogP contribution in [0.25, 0.3) is 0 Å². The molecule has 90 valence electrons. The molecule has 0 unspecified atom stereocenters. The average Bonchev–Trinajstić information content (AvgIpc) is 2.28. The quantitative estimate of drug-likeness (QED) is 0.348. The Labute approximate surface area is 91.7 Å². The molecule has 0 aliphatic rings. The number of carbonyl (C=O) groups excluding carboxylic acids is 2. The normalized spacial score (nSPS) is 9.62. The number of rotatable bonds is 8. The summed E-state index contributed by atoms with van der Waals surface area (Å²) in [4.78, 5) is 37.8. The third-order valence-electron chi connectivity index (χ3n) is 1.14. The van der Waals surface area contributed by atoms with Crippen molar-refractivity contribution in [3.05, 3.63) is 25.3 Å². The highest BCUT2D eigenvalue weighted by Gasteiger charge is 2.08. The second kappa shape index (κ2) is 8.60. The van der Waals surface area contributed by atoms with E-state index < -0.39 is 18.0 Å². The van der Waals surface area contributed by atoms with Gasteiger partial charge in [-0.1, -0.05) is 13.2 Å². The number of aliphatic hydroxyl groups is 1. The summed E-state index contributed by atoms with van der Waals surface area (Å²) in [5.41, 5.74) is 0. The van der Waals surface area contributed by atoms with E-state index in [1.54, 1.807) is 0 Å². The molecule has 0 saturated heterocycles. The lowest BCUT2D eigenvalue weighted by Gasteiger charge is -2.08. The summed E-state index contributed by atoms with van der Waals surface area (Å²) in [6.07, 6.45) is 0.680. The fourth-order valence-corrected chi connectivity index (χ4v) is 0.457. The molecule has 0 aliphatic heterocycles. The van der Waals surface area contributed by atoms with Crippen molar-refractivity contribution in [2.45, 2.75) is 6.10 Å². The Morgan fingerprint density at radius 3 is 1.75 bits per heavy atom. The Kier molecular flexibility index (Phi) is 7.68. The van der Waals surface area contributed by atoms with Crippen LogP contribution in [0.1, 0.15) is 0 Å². The first-order valence-corrected chi connectivity index (χ1v) is 4.20. The van der Waals surface area contributed by atoms with Crippen LogP contribution in [0.3, 0.4) is 0 Å².